The first-order chi connectivity index (χ1) is 7.33. The largest absolute Gasteiger partial charge is 0.316 e. The number of rotatable bonds is 7. The average Bonchev–Trinajstić information content (AvgIpc) is 2.26. The van der Waals surface area contributed by atoms with Gasteiger partial charge >= 0.3 is 0 Å². The second kappa shape index (κ2) is 7.71. The molecule has 1 atom stereocenters. The van der Waals surface area contributed by atoms with Crippen molar-refractivity contribution in [1.82, 2.24) is 10.3 Å². The Morgan fingerprint density at radius 3 is 3.07 bits per heavy atom. The predicted molar refractivity (Wildman–Crippen MR) is 68.4 cm³/mol. The number of nitrogens with zero attached hydrogens (tertiary/aromatic N) is 1. The van der Waals surface area contributed by atoms with E-state index in [1.807, 2.05) is 30.2 Å². The van der Waals surface area contributed by atoms with Crippen molar-refractivity contribution in [2.75, 3.05) is 25.1 Å². The summed E-state index contributed by atoms with van der Waals surface area (Å²) in [5.41, 5.74) is 1.31. The van der Waals surface area contributed by atoms with Crippen molar-refractivity contribution in [3.05, 3.63) is 30.1 Å². The van der Waals surface area contributed by atoms with Gasteiger partial charge in [0.05, 0.1) is 0 Å². The molecule has 1 rings (SSSR count). The Balaban J connectivity index is 2.07. The second-order valence-electron chi connectivity index (χ2n) is 3.88. The quantitative estimate of drug-likeness (QED) is 0.719. The van der Waals surface area contributed by atoms with Crippen LogP contribution in [0.1, 0.15) is 12.5 Å². The molecule has 1 aromatic rings. The number of thioether (sulfide) groups is 1. The summed E-state index contributed by atoms with van der Waals surface area (Å²) < 4.78 is 0. The Hall–Kier alpha value is -0.540. The SMILES string of the molecule is CSCC(C)CNCCc1cccnc1. The molecule has 0 amide bonds. The molecule has 0 radical (unpaired) electrons. The molecule has 3 heteroatoms. The Bertz CT molecular complexity index is 251. The number of aromatic nitrogens is 1. The Kier molecular flexibility index (Phi) is 6.44. The molecule has 0 fully saturated rings. The maximum absolute atomic E-state index is 4.10. The number of hydrogen-bond acceptors (Lipinski definition) is 3. The van der Waals surface area contributed by atoms with E-state index in [4.69, 9.17) is 0 Å². The molecule has 0 aromatic carbocycles. The van der Waals surface area contributed by atoms with Crippen molar-refractivity contribution in [1.29, 1.82) is 0 Å². The van der Waals surface area contributed by atoms with Gasteiger partial charge in [0.1, 0.15) is 0 Å². The van der Waals surface area contributed by atoms with Crippen LogP contribution in [-0.4, -0.2) is 30.1 Å². The minimum Gasteiger partial charge on any atom is -0.316 e. The van der Waals surface area contributed by atoms with Gasteiger partial charge in [0.25, 0.3) is 0 Å². The van der Waals surface area contributed by atoms with Crippen molar-refractivity contribution < 1.29 is 0 Å². The number of nitrogens with one attached hydrogen (secondary N) is 1. The number of pyridine rings is 1. The summed E-state index contributed by atoms with van der Waals surface area (Å²) in [5, 5.41) is 3.48. The molecule has 1 N–H and O–H groups in total. The molecule has 0 spiro atoms. The lowest BCUT2D eigenvalue weighted by Crippen LogP contribution is -2.24. The van der Waals surface area contributed by atoms with E-state index in [-0.39, 0.29) is 0 Å². The zero-order valence-corrected chi connectivity index (χ0v) is 10.4. The van der Waals surface area contributed by atoms with E-state index >= 15 is 0 Å². The monoisotopic (exact) mass is 224 g/mol. The highest BCUT2D eigenvalue weighted by molar-refractivity contribution is 7.98. The van der Waals surface area contributed by atoms with Crippen LogP contribution in [0, 0.1) is 5.92 Å². The minimum atomic E-state index is 0.758. The van der Waals surface area contributed by atoms with Crippen LogP contribution >= 0.6 is 11.8 Å². The lowest BCUT2D eigenvalue weighted by atomic mass is 10.2. The van der Waals surface area contributed by atoms with Gasteiger partial charge in [-0.1, -0.05) is 13.0 Å². The molecule has 0 saturated carbocycles. The van der Waals surface area contributed by atoms with Crippen LogP contribution in [-0.2, 0) is 6.42 Å². The van der Waals surface area contributed by atoms with E-state index in [2.05, 4.69) is 29.5 Å². The van der Waals surface area contributed by atoms with Gasteiger partial charge < -0.3 is 5.32 Å². The third-order valence-corrected chi connectivity index (χ3v) is 3.16. The standard InChI is InChI=1S/C12H20N2S/c1-11(10-15-2)8-14-7-5-12-4-3-6-13-9-12/h3-4,6,9,11,14H,5,7-8,10H2,1-2H3. The van der Waals surface area contributed by atoms with Crippen LogP contribution in [0.4, 0.5) is 0 Å². The molecule has 0 bridgehead atoms. The summed E-state index contributed by atoms with van der Waals surface area (Å²) >= 11 is 1.91. The van der Waals surface area contributed by atoms with Crippen molar-refractivity contribution in [3.8, 4) is 0 Å². The molecule has 0 aliphatic rings. The van der Waals surface area contributed by atoms with Crippen molar-refractivity contribution in [2.24, 2.45) is 5.92 Å². The number of hydrogen-bond donors (Lipinski definition) is 1. The third kappa shape index (κ3) is 5.80. The third-order valence-electron chi connectivity index (χ3n) is 2.26. The van der Waals surface area contributed by atoms with Crippen LogP contribution in [0.15, 0.2) is 24.5 Å². The molecular formula is C12H20N2S. The van der Waals surface area contributed by atoms with E-state index in [1.165, 1.54) is 11.3 Å². The zero-order chi connectivity index (χ0) is 10.9. The van der Waals surface area contributed by atoms with Crippen LogP contribution in [0.5, 0.6) is 0 Å². The van der Waals surface area contributed by atoms with Gasteiger partial charge in [-0.25, -0.2) is 0 Å². The van der Waals surface area contributed by atoms with Crippen LogP contribution in [0.2, 0.25) is 0 Å². The Morgan fingerprint density at radius 2 is 2.40 bits per heavy atom. The molecule has 0 aliphatic carbocycles. The van der Waals surface area contributed by atoms with E-state index in [0.29, 0.717) is 0 Å². The normalized spacial score (nSPS) is 12.7. The van der Waals surface area contributed by atoms with E-state index < -0.39 is 0 Å². The summed E-state index contributed by atoms with van der Waals surface area (Å²) in [5.74, 6) is 1.99. The second-order valence-corrected chi connectivity index (χ2v) is 4.79. The lowest BCUT2D eigenvalue weighted by molar-refractivity contribution is 0.561. The molecule has 0 aliphatic heterocycles. The van der Waals surface area contributed by atoms with Crippen LogP contribution in [0.25, 0.3) is 0 Å². The predicted octanol–water partition coefficient (Wildman–Crippen LogP) is 2.21. The average molecular weight is 224 g/mol. The Morgan fingerprint density at radius 1 is 1.53 bits per heavy atom. The maximum Gasteiger partial charge on any atom is 0.0300 e. The first kappa shape index (κ1) is 12.5. The summed E-state index contributed by atoms with van der Waals surface area (Å²) in [6, 6.07) is 4.12. The molecule has 1 unspecified atom stereocenters. The summed E-state index contributed by atoms with van der Waals surface area (Å²) in [6.07, 6.45) is 6.98. The van der Waals surface area contributed by atoms with Crippen molar-refractivity contribution in [3.63, 3.8) is 0 Å². The highest BCUT2D eigenvalue weighted by Gasteiger charge is 1.99. The first-order valence-corrected chi connectivity index (χ1v) is 6.81. The van der Waals surface area contributed by atoms with Gasteiger partial charge in [0, 0.05) is 12.4 Å². The summed E-state index contributed by atoms with van der Waals surface area (Å²) in [7, 11) is 0. The minimum absolute atomic E-state index is 0.758. The lowest BCUT2D eigenvalue weighted by Gasteiger charge is -2.10. The van der Waals surface area contributed by atoms with Crippen molar-refractivity contribution >= 4 is 11.8 Å². The van der Waals surface area contributed by atoms with Crippen molar-refractivity contribution in [2.45, 2.75) is 13.3 Å². The van der Waals surface area contributed by atoms with Gasteiger partial charge in [0.2, 0.25) is 0 Å². The topological polar surface area (TPSA) is 24.9 Å². The van der Waals surface area contributed by atoms with Gasteiger partial charge in [-0.2, -0.15) is 11.8 Å². The fourth-order valence-electron chi connectivity index (χ4n) is 1.47. The highest BCUT2D eigenvalue weighted by Crippen LogP contribution is 2.02. The summed E-state index contributed by atoms with van der Waals surface area (Å²) in [4.78, 5) is 4.10. The van der Waals surface area contributed by atoms with Gasteiger partial charge in [-0.3, -0.25) is 4.98 Å². The van der Waals surface area contributed by atoms with Gasteiger partial charge in [-0.05, 0) is 49.1 Å². The highest BCUT2D eigenvalue weighted by atomic mass is 32.2. The first-order valence-electron chi connectivity index (χ1n) is 5.41. The smallest absolute Gasteiger partial charge is 0.0300 e. The molecule has 84 valence electrons. The maximum atomic E-state index is 4.10. The molecular weight excluding hydrogens is 204 g/mol. The molecule has 1 heterocycles. The molecule has 0 saturated heterocycles. The van der Waals surface area contributed by atoms with E-state index in [1.54, 1.807) is 0 Å². The van der Waals surface area contributed by atoms with E-state index in [0.717, 1.165) is 25.4 Å². The van der Waals surface area contributed by atoms with Gasteiger partial charge in [-0.15, -0.1) is 0 Å². The van der Waals surface area contributed by atoms with E-state index in [9.17, 15) is 0 Å². The Labute approximate surface area is 96.9 Å². The molecule has 1 aromatic heterocycles. The fraction of sp³-hybridized carbons (Fsp3) is 0.583. The van der Waals surface area contributed by atoms with Crippen LogP contribution < -0.4 is 5.32 Å². The molecule has 15 heavy (non-hydrogen) atoms. The zero-order valence-electron chi connectivity index (χ0n) is 9.57. The summed E-state index contributed by atoms with van der Waals surface area (Å²) in [6.45, 7) is 4.44. The van der Waals surface area contributed by atoms with Crippen LogP contribution in [0.3, 0.4) is 0 Å². The fourth-order valence-corrected chi connectivity index (χ4v) is 2.16. The van der Waals surface area contributed by atoms with Gasteiger partial charge in [0.15, 0.2) is 0 Å². The molecule has 2 nitrogen and oxygen atoms in total.